The van der Waals surface area contributed by atoms with Gasteiger partial charge in [-0.15, -0.1) is 0 Å². The summed E-state index contributed by atoms with van der Waals surface area (Å²) in [5.74, 6) is 0. The molecule has 0 heterocycles. The molecule has 0 aliphatic carbocycles. The maximum atomic E-state index is 5.39. The number of unbranched alkanes of at least 4 members (excludes halogenated alkanes) is 46. The van der Waals surface area contributed by atoms with E-state index >= 15 is 0 Å². The van der Waals surface area contributed by atoms with Crippen LogP contribution in [0.4, 0.5) is 11.4 Å². The van der Waals surface area contributed by atoms with Crippen molar-refractivity contribution in [2.75, 3.05) is 0 Å². The van der Waals surface area contributed by atoms with Gasteiger partial charge in [0.05, 0.1) is 22.8 Å². The van der Waals surface area contributed by atoms with Gasteiger partial charge in [-0.3, -0.25) is 9.98 Å². The first-order valence-electron chi connectivity index (χ1n) is 34.0. The van der Waals surface area contributed by atoms with Crippen LogP contribution in [0.25, 0.3) is 0 Å². The summed E-state index contributed by atoms with van der Waals surface area (Å²) in [5, 5.41) is 0. The zero-order valence-corrected chi connectivity index (χ0v) is 52.0. The van der Waals surface area contributed by atoms with Gasteiger partial charge in [0.1, 0.15) is 0 Å². The normalized spacial score (nSPS) is 12.0. The van der Waals surface area contributed by atoms with Crippen molar-refractivity contribution in [3.05, 3.63) is 59.7 Å². The number of aryl methyl sites for hydroxylation is 2. The van der Waals surface area contributed by atoms with Gasteiger partial charge in [-0.05, 0) is 86.8 Å². The minimum absolute atomic E-state index is 0. The van der Waals surface area contributed by atoms with Gasteiger partial charge in [0.25, 0.3) is 0 Å². The molecule has 0 aromatic heterocycles. The van der Waals surface area contributed by atoms with Gasteiger partial charge in [-0.2, -0.15) is 0 Å². The second-order valence-corrected chi connectivity index (χ2v) is 23.7. The van der Waals surface area contributed by atoms with E-state index in [1.54, 1.807) is 0 Å². The molecule has 0 spiro atoms. The van der Waals surface area contributed by atoms with Crippen molar-refractivity contribution in [2.24, 2.45) is 9.98 Å². The maximum Gasteiger partial charge on any atom is 0.0633 e. The van der Waals surface area contributed by atoms with Crippen molar-refractivity contribution in [3.63, 3.8) is 0 Å². The SMILES string of the molecule is CCCCCCCCCCCCCCCCCCCCCCCc1ccc(/N=C(CCCC)/C(CCCCCCCC)=N/c2ccc(CCCCCCCCCCCCCCCCCCCCCCC)cc2)cc1.[Ni]. The topological polar surface area (TPSA) is 24.7 Å². The average Bonchev–Trinajstić information content (AvgIpc) is 3.42. The van der Waals surface area contributed by atoms with E-state index in [4.69, 9.17) is 9.98 Å². The van der Waals surface area contributed by atoms with Crippen LogP contribution in [-0.2, 0) is 29.3 Å². The van der Waals surface area contributed by atoms with Crippen LogP contribution in [0.2, 0.25) is 0 Å². The van der Waals surface area contributed by atoms with E-state index in [1.165, 1.54) is 350 Å². The number of hydrogen-bond donors (Lipinski definition) is 0. The molecule has 0 N–H and O–H groups in total. The van der Waals surface area contributed by atoms with Crippen molar-refractivity contribution in [1.82, 2.24) is 0 Å². The molecule has 0 amide bonds. The molecule has 0 aliphatic rings. The first-order valence-corrected chi connectivity index (χ1v) is 34.0. The van der Waals surface area contributed by atoms with Crippen LogP contribution in [0.5, 0.6) is 0 Å². The molecule has 2 rings (SSSR count). The van der Waals surface area contributed by atoms with Gasteiger partial charge < -0.3 is 0 Å². The fraction of sp³-hybridized carbons (Fsp3) is 0.806. The fourth-order valence-electron chi connectivity index (χ4n) is 11.3. The summed E-state index contributed by atoms with van der Waals surface area (Å²) in [6.07, 6.45) is 75.0. The van der Waals surface area contributed by atoms with E-state index in [-0.39, 0.29) is 16.5 Å². The molecule has 0 aliphatic heterocycles. The Bertz CT molecular complexity index is 1490. The van der Waals surface area contributed by atoms with Crippen LogP contribution < -0.4 is 0 Å². The van der Waals surface area contributed by atoms with Crippen LogP contribution in [0, 0.1) is 0 Å². The maximum absolute atomic E-state index is 5.39. The fourth-order valence-corrected chi connectivity index (χ4v) is 11.3. The van der Waals surface area contributed by atoms with Crippen molar-refractivity contribution in [1.29, 1.82) is 0 Å². The van der Waals surface area contributed by atoms with Crippen LogP contribution in [0.1, 0.15) is 373 Å². The van der Waals surface area contributed by atoms with Crippen molar-refractivity contribution >= 4 is 22.8 Å². The molecule has 0 unspecified atom stereocenters. The second kappa shape index (κ2) is 57.0. The van der Waals surface area contributed by atoms with Gasteiger partial charge in [0.15, 0.2) is 0 Å². The van der Waals surface area contributed by atoms with Gasteiger partial charge in [0.2, 0.25) is 0 Å². The van der Waals surface area contributed by atoms with E-state index in [0.717, 1.165) is 30.6 Å². The molecule has 436 valence electrons. The van der Waals surface area contributed by atoms with Crippen LogP contribution in [-0.4, -0.2) is 11.4 Å². The Balaban J connectivity index is 0.0000281. The summed E-state index contributed by atoms with van der Waals surface area (Å²) in [7, 11) is 0. The number of hydrogen-bond acceptors (Lipinski definition) is 2. The summed E-state index contributed by atoms with van der Waals surface area (Å²) >= 11 is 0. The average molecular weight is 1080 g/mol. The van der Waals surface area contributed by atoms with E-state index in [0.29, 0.717) is 0 Å². The molecule has 0 radical (unpaired) electrons. The van der Waals surface area contributed by atoms with Crippen molar-refractivity contribution < 1.29 is 16.5 Å². The van der Waals surface area contributed by atoms with E-state index < -0.39 is 0 Å². The molecule has 0 saturated carbocycles. The number of aliphatic imine (C=N–C) groups is 2. The number of benzene rings is 2. The predicted octanol–water partition coefficient (Wildman–Crippen LogP) is 26.0. The third-order valence-corrected chi connectivity index (χ3v) is 16.4. The first-order chi connectivity index (χ1) is 36.7. The van der Waals surface area contributed by atoms with Gasteiger partial charge in [-0.25, -0.2) is 0 Å². The quantitative estimate of drug-likeness (QED) is 0.0358. The minimum atomic E-state index is 0. The van der Waals surface area contributed by atoms with Crippen molar-refractivity contribution in [2.45, 2.75) is 374 Å². The Morgan fingerprint density at radius 2 is 0.413 bits per heavy atom. The zero-order chi connectivity index (χ0) is 52.7. The van der Waals surface area contributed by atoms with Crippen molar-refractivity contribution in [3.8, 4) is 0 Å². The Morgan fingerprint density at radius 1 is 0.227 bits per heavy atom. The predicted molar refractivity (Wildman–Crippen MR) is 337 cm³/mol. The third-order valence-electron chi connectivity index (χ3n) is 16.4. The summed E-state index contributed by atoms with van der Waals surface area (Å²) in [5.41, 5.74) is 7.54. The molecule has 2 aromatic rings. The van der Waals surface area contributed by atoms with E-state index in [1.807, 2.05) is 0 Å². The Hall–Kier alpha value is -1.73. The van der Waals surface area contributed by atoms with Crippen LogP contribution >= 0.6 is 0 Å². The summed E-state index contributed by atoms with van der Waals surface area (Å²) in [6, 6.07) is 18.5. The molecule has 0 bridgehead atoms. The van der Waals surface area contributed by atoms with E-state index in [9.17, 15) is 0 Å². The molecular weight excluding hydrogens is 951 g/mol. The third kappa shape index (κ3) is 45.8. The molecule has 2 nitrogen and oxygen atoms in total. The first kappa shape index (κ1) is 71.3. The van der Waals surface area contributed by atoms with Crippen LogP contribution in [0.15, 0.2) is 58.5 Å². The summed E-state index contributed by atoms with van der Waals surface area (Å²) in [4.78, 5) is 10.8. The monoisotopic (exact) mass is 1080 g/mol. The second-order valence-electron chi connectivity index (χ2n) is 23.7. The van der Waals surface area contributed by atoms with Gasteiger partial charge >= 0.3 is 0 Å². The molecule has 2 aromatic carbocycles. The Labute approximate surface area is 480 Å². The number of nitrogens with zero attached hydrogens (tertiary/aromatic N) is 2. The standard InChI is InChI=1S/C72H128N2.Ni/c1-5-9-13-16-19-21-23-25-27-29-31-33-35-37-39-41-43-45-47-49-52-55-67-59-63-69(64-60-67)73-71(57-12-8-4)72(58-54-51-18-15-11-7-3)74-70-65-61-68(62-66-70)56-53-50-48-46-44-42-40-38-36-34-32-30-28-26-24-22-20-17-14-10-6-2;/h59-66H,5-58H2,1-4H3;/b73-71+,74-72+;. The largest absolute Gasteiger partial charge is 0.252 e. The zero-order valence-electron chi connectivity index (χ0n) is 51.0. The molecule has 3 heteroatoms. The Kier molecular flexibility index (Phi) is 54.2. The van der Waals surface area contributed by atoms with Gasteiger partial charge in [0, 0.05) is 16.5 Å². The molecular formula is C72H128N2Ni. The van der Waals surface area contributed by atoms with Gasteiger partial charge in [-0.1, -0.05) is 347 Å². The molecule has 0 fully saturated rings. The smallest absolute Gasteiger partial charge is 0.0633 e. The number of rotatable bonds is 57. The molecule has 75 heavy (non-hydrogen) atoms. The molecule has 0 saturated heterocycles. The Morgan fingerprint density at radius 3 is 0.640 bits per heavy atom. The van der Waals surface area contributed by atoms with Crippen LogP contribution in [0.3, 0.4) is 0 Å². The molecule has 0 atom stereocenters. The minimum Gasteiger partial charge on any atom is -0.252 e. The summed E-state index contributed by atoms with van der Waals surface area (Å²) < 4.78 is 0. The summed E-state index contributed by atoms with van der Waals surface area (Å²) in [6.45, 7) is 9.24. The van der Waals surface area contributed by atoms with E-state index in [2.05, 4.69) is 76.2 Å².